The molecule has 0 nitrogen and oxygen atoms in total. The van der Waals surface area contributed by atoms with E-state index in [1.165, 1.54) is 32.1 Å². The molecule has 0 saturated heterocycles. The maximum atomic E-state index is 3.99. The van der Waals surface area contributed by atoms with Crippen molar-refractivity contribution in [2.24, 2.45) is 5.41 Å². The van der Waals surface area contributed by atoms with Crippen molar-refractivity contribution in [3.8, 4) is 0 Å². The summed E-state index contributed by atoms with van der Waals surface area (Å²) in [4.78, 5) is 0. The van der Waals surface area contributed by atoms with Crippen molar-refractivity contribution in [1.82, 2.24) is 0 Å². The Labute approximate surface area is 88.4 Å². The highest BCUT2D eigenvalue weighted by atomic mass is 14.4. The highest BCUT2D eigenvalue weighted by Crippen LogP contribution is 2.50. The Morgan fingerprint density at radius 2 is 2.14 bits per heavy atom. The van der Waals surface area contributed by atoms with Crippen LogP contribution in [0.3, 0.4) is 0 Å². The lowest BCUT2D eigenvalue weighted by Crippen LogP contribution is -2.30. The van der Waals surface area contributed by atoms with Crippen LogP contribution < -0.4 is 0 Å². The second-order valence-electron chi connectivity index (χ2n) is 4.21. The third-order valence-corrected chi connectivity index (χ3v) is 3.50. The zero-order chi connectivity index (χ0) is 10.4. The van der Waals surface area contributed by atoms with E-state index in [0.29, 0.717) is 5.41 Å². The third kappa shape index (κ3) is 2.17. The van der Waals surface area contributed by atoms with Crippen molar-refractivity contribution < 1.29 is 0 Å². The molecule has 14 heavy (non-hydrogen) atoms. The minimum Gasteiger partial charge on any atom is -0.103 e. The number of unbranched alkanes of at least 4 members (excludes halogenated alkanes) is 2. The van der Waals surface area contributed by atoms with Gasteiger partial charge in [-0.3, -0.25) is 0 Å². The van der Waals surface area contributed by atoms with Crippen molar-refractivity contribution in [2.75, 3.05) is 0 Å². The summed E-state index contributed by atoms with van der Waals surface area (Å²) in [5, 5.41) is 0. The summed E-state index contributed by atoms with van der Waals surface area (Å²) in [5.74, 6) is 0. The van der Waals surface area contributed by atoms with Gasteiger partial charge in [-0.25, -0.2) is 0 Å². The molecule has 0 amide bonds. The van der Waals surface area contributed by atoms with Crippen molar-refractivity contribution >= 4 is 0 Å². The van der Waals surface area contributed by atoms with E-state index >= 15 is 0 Å². The van der Waals surface area contributed by atoms with Crippen LogP contribution in [0.2, 0.25) is 0 Å². The Balaban J connectivity index is 2.39. The molecule has 0 aromatic carbocycles. The van der Waals surface area contributed by atoms with Gasteiger partial charge >= 0.3 is 0 Å². The van der Waals surface area contributed by atoms with E-state index in [9.17, 15) is 0 Å². The Kier molecular flexibility index (Phi) is 4.19. The molecule has 0 aliphatic heterocycles. The van der Waals surface area contributed by atoms with Crippen molar-refractivity contribution in [1.29, 1.82) is 0 Å². The number of hydrogen-bond acceptors (Lipinski definition) is 0. The summed E-state index contributed by atoms with van der Waals surface area (Å²) >= 11 is 0. The molecule has 0 heterocycles. The summed E-state index contributed by atoms with van der Waals surface area (Å²) in [6.07, 6.45) is 14.1. The summed E-state index contributed by atoms with van der Waals surface area (Å²) in [7, 11) is 0. The molecule has 0 spiro atoms. The lowest BCUT2D eigenvalue weighted by Gasteiger charge is -2.43. The molecule has 1 atom stereocenters. The van der Waals surface area contributed by atoms with E-state index in [0.717, 1.165) is 6.42 Å². The normalized spacial score (nSPS) is 28.5. The Morgan fingerprint density at radius 1 is 1.36 bits per heavy atom. The number of rotatable bonds is 6. The maximum absolute atomic E-state index is 3.99. The first kappa shape index (κ1) is 11.3. The molecule has 1 aliphatic rings. The third-order valence-electron chi connectivity index (χ3n) is 3.50. The number of allylic oxidation sites excluding steroid dienone is 4. The lowest BCUT2D eigenvalue weighted by molar-refractivity contribution is 0.286. The summed E-state index contributed by atoms with van der Waals surface area (Å²) < 4.78 is 0. The average molecular weight is 190 g/mol. The van der Waals surface area contributed by atoms with Crippen LogP contribution >= 0.6 is 0 Å². The fourth-order valence-electron chi connectivity index (χ4n) is 2.37. The Bertz CT molecular complexity index is 234. The van der Waals surface area contributed by atoms with Crippen molar-refractivity contribution in [2.45, 2.75) is 45.4 Å². The fourth-order valence-corrected chi connectivity index (χ4v) is 2.37. The molecule has 1 unspecified atom stereocenters. The van der Waals surface area contributed by atoms with Gasteiger partial charge in [-0.1, -0.05) is 30.2 Å². The first-order valence-electron chi connectivity index (χ1n) is 5.69. The highest BCUT2D eigenvalue weighted by Gasteiger charge is 2.37. The highest BCUT2D eigenvalue weighted by molar-refractivity contribution is 5.28. The van der Waals surface area contributed by atoms with Gasteiger partial charge in [-0.05, 0) is 39.0 Å². The molecule has 1 rings (SSSR count). The van der Waals surface area contributed by atoms with E-state index in [-0.39, 0.29) is 0 Å². The quantitative estimate of drug-likeness (QED) is 0.422. The largest absolute Gasteiger partial charge is 0.103 e. The molecule has 0 N–H and O–H groups in total. The molecule has 0 aromatic rings. The van der Waals surface area contributed by atoms with Gasteiger partial charge in [0.15, 0.2) is 0 Å². The standard InChI is InChI=1S/C14H22/c1-4-7-8-9-11-14(6-3)12-10-13(14)5-2/h4-6H,1,3,7-12H2,2H3. The lowest BCUT2D eigenvalue weighted by atomic mass is 9.62. The van der Waals surface area contributed by atoms with Gasteiger partial charge in [0.25, 0.3) is 0 Å². The van der Waals surface area contributed by atoms with Crippen LogP contribution in [-0.2, 0) is 0 Å². The van der Waals surface area contributed by atoms with Crippen LogP contribution in [0.15, 0.2) is 37.0 Å². The monoisotopic (exact) mass is 190 g/mol. The first-order valence-corrected chi connectivity index (χ1v) is 5.69. The molecule has 1 saturated carbocycles. The van der Waals surface area contributed by atoms with E-state index in [1.54, 1.807) is 5.57 Å². The zero-order valence-corrected chi connectivity index (χ0v) is 9.39. The van der Waals surface area contributed by atoms with E-state index < -0.39 is 0 Å². The van der Waals surface area contributed by atoms with Crippen molar-refractivity contribution in [3.05, 3.63) is 37.0 Å². The topological polar surface area (TPSA) is 0 Å². The molecule has 1 fully saturated rings. The molecule has 1 aliphatic carbocycles. The van der Waals surface area contributed by atoms with E-state index in [4.69, 9.17) is 0 Å². The van der Waals surface area contributed by atoms with Crippen LogP contribution in [-0.4, -0.2) is 0 Å². The molecular formula is C14H22. The first-order chi connectivity index (χ1) is 6.79. The van der Waals surface area contributed by atoms with Gasteiger partial charge < -0.3 is 0 Å². The Hall–Kier alpha value is -0.780. The maximum Gasteiger partial charge on any atom is 0.00910 e. The zero-order valence-electron chi connectivity index (χ0n) is 9.39. The van der Waals surface area contributed by atoms with Gasteiger partial charge in [-0.15, -0.1) is 13.2 Å². The molecule has 78 valence electrons. The summed E-state index contributed by atoms with van der Waals surface area (Å²) in [6.45, 7) is 9.89. The Morgan fingerprint density at radius 3 is 2.57 bits per heavy atom. The summed E-state index contributed by atoms with van der Waals surface area (Å²) in [5.41, 5.74) is 1.97. The fraction of sp³-hybridized carbons (Fsp3) is 0.571. The minimum absolute atomic E-state index is 0.371. The molecule has 0 radical (unpaired) electrons. The second kappa shape index (κ2) is 5.19. The summed E-state index contributed by atoms with van der Waals surface area (Å²) in [6, 6.07) is 0. The van der Waals surface area contributed by atoms with Crippen LogP contribution in [0.4, 0.5) is 0 Å². The van der Waals surface area contributed by atoms with Crippen LogP contribution in [0, 0.1) is 5.41 Å². The minimum atomic E-state index is 0.371. The molecule has 0 aromatic heterocycles. The van der Waals surface area contributed by atoms with Crippen LogP contribution in [0.1, 0.15) is 45.4 Å². The predicted octanol–water partition coefficient (Wildman–Crippen LogP) is 4.65. The molecule has 0 heteroatoms. The predicted molar refractivity (Wildman–Crippen MR) is 64.3 cm³/mol. The van der Waals surface area contributed by atoms with Gasteiger partial charge in [0, 0.05) is 5.41 Å². The van der Waals surface area contributed by atoms with Gasteiger partial charge in [0.1, 0.15) is 0 Å². The molecular weight excluding hydrogens is 168 g/mol. The van der Waals surface area contributed by atoms with Gasteiger partial charge in [-0.2, -0.15) is 0 Å². The smallest absolute Gasteiger partial charge is 0.00910 e. The van der Waals surface area contributed by atoms with Crippen LogP contribution in [0.25, 0.3) is 0 Å². The van der Waals surface area contributed by atoms with Gasteiger partial charge in [0.2, 0.25) is 0 Å². The van der Waals surface area contributed by atoms with Gasteiger partial charge in [0.05, 0.1) is 0 Å². The SMILES string of the molecule is C=CCCCCC1(C=C)CCC1=CC. The van der Waals surface area contributed by atoms with E-state index in [2.05, 4.69) is 32.2 Å². The molecule has 0 bridgehead atoms. The number of hydrogen-bond donors (Lipinski definition) is 0. The average Bonchev–Trinajstić information content (AvgIpc) is 2.17. The second-order valence-corrected chi connectivity index (χ2v) is 4.21. The van der Waals surface area contributed by atoms with Crippen LogP contribution in [0.5, 0.6) is 0 Å². The van der Waals surface area contributed by atoms with E-state index in [1.807, 2.05) is 6.08 Å². The van der Waals surface area contributed by atoms with Crippen molar-refractivity contribution in [3.63, 3.8) is 0 Å².